The Balaban J connectivity index is 5.22. The summed E-state index contributed by atoms with van der Waals surface area (Å²) in [5.41, 5.74) is 0. The van der Waals surface area contributed by atoms with Crippen molar-refractivity contribution in [3.05, 3.63) is 0 Å². The fraction of sp³-hybridized carbons (Fsp3) is 0.955. The minimum Gasteiger partial charge on any atom is -0.462 e. The second kappa shape index (κ2) is 79.3. The molecule has 0 saturated heterocycles. The third-order valence-corrected chi connectivity index (χ3v) is 22.6. The molecule has 17 nitrogen and oxygen atoms in total. The Hall–Kier alpha value is -1.94. The number of unbranched alkanes of at least 4 members (excludes halogenated alkanes) is 57. The highest BCUT2D eigenvalue weighted by Gasteiger charge is 2.30. The number of esters is 4. The smallest absolute Gasteiger partial charge is 0.462 e. The summed E-state index contributed by atoms with van der Waals surface area (Å²) in [4.78, 5) is 73.3. The number of ether oxygens (including phenoxy) is 4. The van der Waals surface area contributed by atoms with Crippen LogP contribution in [0.25, 0.3) is 0 Å². The van der Waals surface area contributed by atoms with Crippen LogP contribution < -0.4 is 0 Å². The molecule has 0 heterocycles. The minimum absolute atomic E-state index is 0.108. The maximum absolute atomic E-state index is 13.2. The third kappa shape index (κ3) is 81.9. The maximum Gasteiger partial charge on any atom is 0.472 e. The molecule has 0 saturated carbocycles. The molecular weight excluding hydrogens is 1390 g/mol. The van der Waals surface area contributed by atoms with E-state index < -0.39 is 97.5 Å². The first kappa shape index (κ1) is 105. The van der Waals surface area contributed by atoms with Gasteiger partial charge >= 0.3 is 39.5 Å². The monoisotopic (exact) mass is 1560 g/mol. The van der Waals surface area contributed by atoms with Crippen LogP contribution in [0.4, 0.5) is 0 Å². The number of aliphatic hydroxyl groups excluding tert-OH is 1. The van der Waals surface area contributed by atoms with Gasteiger partial charge in [-0.2, -0.15) is 0 Å². The van der Waals surface area contributed by atoms with Gasteiger partial charge in [-0.1, -0.05) is 420 Å². The molecule has 0 spiro atoms. The van der Waals surface area contributed by atoms with E-state index in [4.69, 9.17) is 37.0 Å². The van der Waals surface area contributed by atoms with Crippen molar-refractivity contribution >= 4 is 39.5 Å². The zero-order valence-electron chi connectivity index (χ0n) is 70.5. The van der Waals surface area contributed by atoms with Crippen LogP contribution in [-0.2, 0) is 65.4 Å². The number of carbonyl (C=O) groups excluding carboxylic acids is 4. The Morgan fingerprint density at radius 1 is 0.252 bits per heavy atom. The Morgan fingerprint density at radius 3 is 0.636 bits per heavy atom. The van der Waals surface area contributed by atoms with Crippen LogP contribution in [0.5, 0.6) is 0 Å². The molecule has 0 aromatic rings. The van der Waals surface area contributed by atoms with E-state index in [1.807, 2.05) is 0 Å². The first-order chi connectivity index (χ1) is 51.9. The predicted octanol–water partition coefficient (Wildman–Crippen LogP) is 27.0. The Morgan fingerprint density at radius 2 is 0.430 bits per heavy atom. The molecule has 5 atom stereocenters. The molecule has 19 heteroatoms. The number of carbonyl (C=O) groups is 4. The molecular formula is C88H172O17P2. The van der Waals surface area contributed by atoms with E-state index in [-0.39, 0.29) is 25.7 Å². The van der Waals surface area contributed by atoms with Crippen molar-refractivity contribution in [2.45, 2.75) is 490 Å². The fourth-order valence-corrected chi connectivity index (χ4v) is 15.4. The summed E-state index contributed by atoms with van der Waals surface area (Å²) in [6.07, 6.45) is 72.3. The summed E-state index contributed by atoms with van der Waals surface area (Å²) < 4.78 is 68.9. The molecule has 107 heavy (non-hydrogen) atoms. The first-order valence-electron chi connectivity index (χ1n) is 45.5. The van der Waals surface area contributed by atoms with Gasteiger partial charge in [0.2, 0.25) is 0 Å². The van der Waals surface area contributed by atoms with Crippen molar-refractivity contribution in [3.63, 3.8) is 0 Å². The van der Waals surface area contributed by atoms with E-state index in [1.165, 1.54) is 289 Å². The second-order valence-corrected chi connectivity index (χ2v) is 35.5. The van der Waals surface area contributed by atoms with Gasteiger partial charge in [0.05, 0.1) is 26.4 Å². The number of hydrogen-bond donors (Lipinski definition) is 3. The average Bonchev–Trinajstić information content (AvgIpc) is 0.903. The normalized spacial score (nSPS) is 13.8. The molecule has 0 aliphatic carbocycles. The minimum atomic E-state index is -4.97. The van der Waals surface area contributed by atoms with Gasteiger partial charge in [0.1, 0.15) is 19.3 Å². The summed E-state index contributed by atoms with van der Waals surface area (Å²) in [5, 5.41) is 10.7. The van der Waals surface area contributed by atoms with E-state index in [9.17, 15) is 43.2 Å². The summed E-state index contributed by atoms with van der Waals surface area (Å²) in [6.45, 7) is 9.72. The van der Waals surface area contributed by atoms with Crippen LogP contribution in [0.15, 0.2) is 0 Å². The Bertz CT molecular complexity index is 2050. The summed E-state index contributed by atoms with van der Waals surface area (Å²) >= 11 is 0. The van der Waals surface area contributed by atoms with Gasteiger partial charge < -0.3 is 33.8 Å². The lowest BCUT2D eigenvalue weighted by molar-refractivity contribution is -0.161. The number of phosphoric acid groups is 2. The largest absolute Gasteiger partial charge is 0.472 e. The van der Waals surface area contributed by atoms with Gasteiger partial charge in [0.15, 0.2) is 12.2 Å². The lowest BCUT2D eigenvalue weighted by atomic mass is 10.0. The molecule has 0 radical (unpaired) electrons. The van der Waals surface area contributed by atoms with Crippen molar-refractivity contribution in [2.24, 2.45) is 11.8 Å². The van der Waals surface area contributed by atoms with E-state index in [2.05, 4.69) is 41.5 Å². The van der Waals surface area contributed by atoms with Gasteiger partial charge in [-0.25, -0.2) is 9.13 Å². The molecule has 0 aliphatic heterocycles. The van der Waals surface area contributed by atoms with E-state index in [1.54, 1.807) is 0 Å². The molecule has 0 bridgehead atoms. The van der Waals surface area contributed by atoms with Crippen LogP contribution in [0.2, 0.25) is 0 Å². The average molecular weight is 1560 g/mol. The van der Waals surface area contributed by atoms with Crippen LogP contribution in [0.1, 0.15) is 472 Å². The highest BCUT2D eigenvalue weighted by molar-refractivity contribution is 7.47. The van der Waals surface area contributed by atoms with Gasteiger partial charge in [0.25, 0.3) is 0 Å². The predicted molar refractivity (Wildman–Crippen MR) is 442 cm³/mol. The molecule has 0 amide bonds. The van der Waals surface area contributed by atoms with Gasteiger partial charge in [0, 0.05) is 25.7 Å². The van der Waals surface area contributed by atoms with Gasteiger partial charge in [-0.3, -0.25) is 37.3 Å². The molecule has 0 rings (SSSR count). The molecule has 636 valence electrons. The van der Waals surface area contributed by atoms with Crippen molar-refractivity contribution in [1.29, 1.82) is 0 Å². The zero-order chi connectivity index (χ0) is 78.5. The Kier molecular flexibility index (Phi) is 77.9. The molecule has 0 aliphatic rings. The van der Waals surface area contributed by atoms with Gasteiger partial charge in [-0.05, 0) is 37.5 Å². The number of hydrogen-bond acceptors (Lipinski definition) is 15. The standard InChI is InChI=1S/C88H172O17P2/c1-7-9-11-13-15-17-19-20-21-22-23-24-25-26-27-30-37-42-48-54-60-66-72-87(92)105-84(77-99-86(91)71-65-59-53-47-41-36-31-28-29-34-39-44-50-56-62-68-80(3)4)79-103-107(96,97)101-75-82(89)74-100-106(94,95)102-78-83(76-98-85(90)70-64-58-52-46-18-16-14-12-10-8-2)104-88(93)73-67-61-55-49-43-38-33-32-35-40-45-51-57-63-69-81(5)6/h80-84,89H,7-79H2,1-6H3,(H,94,95)(H,96,97)/t82-,83+,84+/m0/s1. The van der Waals surface area contributed by atoms with Crippen molar-refractivity contribution in [2.75, 3.05) is 39.6 Å². The molecule has 3 N–H and O–H groups in total. The van der Waals surface area contributed by atoms with Crippen LogP contribution >= 0.6 is 15.6 Å². The first-order valence-corrected chi connectivity index (χ1v) is 48.5. The number of rotatable bonds is 87. The fourth-order valence-electron chi connectivity index (χ4n) is 13.8. The summed E-state index contributed by atoms with van der Waals surface area (Å²) in [6, 6.07) is 0. The number of phosphoric ester groups is 2. The topological polar surface area (TPSA) is 237 Å². The van der Waals surface area contributed by atoms with Crippen molar-refractivity contribution in [1.82, 2.24) is 0 Å². The van der Waals surface area contributed by atoms with Crippen molar-refractivity contribution in [3.8, 4) is 0 Å². The highest BCUT2D eigenvalue weighted by Crippen LogP contribution is 2.45. The lowest BCUT2D eigenvalue weighted by Crippen LogP contribution is -2.30. The molecule has 2 unspecified atom stereocenters. The van der Waals surface area contributed by atoms with E-state index in [0.717, 1.165) is 102 Å². The quantitative estimate of drug-likeness (QED) is 0.0222. The van der Waals surface area contributed by atoms with Crippen LogP contribution in [0, 0.1) is 11.8 Å². The summed E-state index contributed by atoms with van der Waals surface area (Å²) in [5.74, 6) is -0.498. The highest BCUT2D eigenvalue weighted by atomic mass is 31.2. The lowest BCUT2D eigenvalue weighted by Gasteiger charge is -2.21. The zero-order valence-corrected chi connectivity index (χ0v) is 72.2. The van der Waals surface area contributed by atoms with Crippen LogP contribution in [-0.4, -0.2) is 96.7 Å². The summed E-state index contributed by atoms with van der Waals surface area (Å²) in [7, 11) is -9.93. The van der Waals surface area contributed by atoms with E-state index >= 15 is 0 Å². The molecule has 0 aromatic carbocycles. The maximum atomic E-state index is 13.2. The second-order valence-electron chi connectivity index (χ2n) is 32.6. The van der Waals surface area contributed by atoms with Gasteiger partial charge in [-0.15, -0.1) is 0 Å². The molecule has 0 aromatic heterocycles. The SMILES string of the molecule is CCCCCCCCCCCCCCCCCCCCCCCCC(=O)O[C@H](COC(=O)CCCCCCCCCCCCCCCCCC(C)C)COP(=O)(O)OC[C@@H](O)COP(=O)(O)OC[C@@H](COC(=O)CCCCCCCCCCCC)OC(=O)CCCCCCCCCCCCCCCCC(C)C. The molecule has 0 fully saturated rings. The van der Waals surface area contributed by atoms with Crippen molar-refractivity contribution < 1.29 is 80.2 Å². The van der Waals surface area contributed by atoms with E-state index in [0.29, 0.717) is 25.7 Å². The van der Waals surface area contributed by atoms with Crippen LogP contribution in [0.3, 0.4) is 0 Å². The number of aliphatic hydroxyl groups is 1. The Labute approximate surface area is 658 Å². The third-order valence-electron chi connectivity index (χ3n) is 20.7.